The summed E-state index contributed by atoms with van der Waals surface area (Å²) >= 11 is 9.90. The fourth-order valence-corrected chi connectivity index (χ4v) is 5.33. The van der Waals surface area contributed by atoms with Crippen LogP contribution in [0.3, 0.4) is 0 Å². The van der Waals surface area contributed by atoms with E-state index in [0.717, 1.165) is 40.6 Å². The molecule has 4 nitrogen and oxygen atoms in total. The van der Waals surface area contributed by atoms with E-state index >= 15 is 0 Å². The van der Waals surface area contributed by atoms with E-state index < -0.39 is 11.3 Å². The number of likely N-dealkylation sites (tertiary alicyclic amines) is 1. The van der Waals surface area contributed by atoms with Crippen LogP contribution in [0.15, 0.2) is 84.9 Å². The summed E-state index contributed by atoms with van der Waals surface area (Å²) in [6.07, 6.45) is 0. The third-order valence-corrected chi connectivity index (χ3v) is 7.11. The summed E-state index contributed by atoms with van der Waals surface area (Å²) in [6.45, 7) is 1.59. The van der Waals surface area contributed by atoms with Gasteiger partial charge in [0.2, 0.25) is 0 Å². The summed E-state index contributed by atoms with van der Waals surface area (Å²) < 4.78 is 25.5. The third-order valence-electron chi connectivity index (χ3n) is 6.22. The van der Waals surface area contributed by atoms with Crippen LogP contribution in [-0.2, 0) is 11.3 Å². The van der Waals surface area contributed by atoms with Gasteiger partial charge in [0.05, 0.1) is 6.04 Å². The van der Waals surface area contributed by atoms with E-state index in [2.05, 4.69) is 46.0 Å². The molecule has 7 heteroatoms. The zero-order valence-electron chi connectivity index (χ0n) is 17.6. The Bertz CT molecular complexity index is 1260. The van der Waals surface area contributed by atoms with Crippen LogP contribution in [0, 0.1) is 0 Å². The van der Waals surface area contributed by atoms with Crippen LogP contribution in [0.25, 0.3) is 10.8 Å². The summed E-state index contributed by atoms with van der Waals surface area (Å²) in [7, 11) is 0. The largest absolute Gasteiger partial charge is 0.755 e. The Morgan fingerprint density at radius 1 is 0.848 bits per heavy atom. The standard InChI is InChI=1S/C26H22Cl2N2O2S/c27-21-10-5-18(6-11-21)26(19-7-12-22(28)13-8-19)30-15-20(16-30)25-23-4-2-1-3-17(23)9-14-24(25)29-33(31)32/h1-14,20,26,29H,15-16H2,(H,31,32)/p-1. The van der Waals surface area contributed by atoms with Crippen molar-refractivity contribution in [3.63, 3.8) is 0 Å². The molecule has 0 aliphatic carbocycles. The summed E-state index contributed by atoms with van der Waals surface area (Å²) in [4.78, 5) is 2.40. The molecule has 1 atom stereocenters. The van der Waals surface area contributed by atoms with Gasteiger partial charge in [0.25, 0.3) is 0 Å². The molecule has 4 aromatic carbocycles. The minimum absolute atomic E-state index is 0.0517. The van der Waals surface area contributed by atoms with Crippen LogP contribution >= 0.6 is 23.2 Å². The second-order valence-corrected chi connectivity index (χ2v) is 9.79. The number of fused-ring (bicyclic) bond motifs is 1. The van der Waals surface area contributed by atoms with Gasteiger partial charge in [0.1, 0.15) is 0 Å². The predicted molar refractivity (Wildman–Crippen MR) is 136 cm³/mol. The van der Waals surface area contributed by atoms with E-state index in [4.69, 9.17) is 23.2 Å². The zero-order chi connectivity index (χ0) is 22.9. The molecule has 0 bridgehead atoms. The molecular weight excluding hydrogens is 475 g/mol. The molecule has 1 heterocycles. The monoisotopic (exact) mass is 495 g/mol. The van der Waals surface area contributed by atoms with Crippen LogP contribution in [-0.4, -0.2) is 26.8 Å². The Morgan fingerprint density at radius 3 is 2.00 bits per heavy atom. The van der Waals surface area contributed by atoms with Crippen molar-refractivity contribution in [2.75, 3.05) is 17.8 Å². The minimum Gasteiger partial charge on any atom is -0.755 e. The maximum absolute atomic E-state index is 11.4. The lowest BCUT2D eigenvalue weighted by Gasteiger charge is -2.46. The molecule has 0 amide bonds. The smallest absolute Gasteiger partial charge is 0.0602 e. The van der Waals surface area contributed by atoms with E-state index in [9.17, 15) is 8.76 Å². The van der Waals surface area contributed by atoms with Crippen molar-refractivity contribution in [3.8, 4) is 0 Å². The van der Waals surface area contributed by atoms with Crippen LogP contribution < -0.4 is 4.72 Å². The molecule has 1 unspecified atom stereocenters. The lowest BCUT2D eigenvalue weighted by molar-refractivity contribution is 0.112. The molecule has 0 saturated carbocycles. The summed E-state index contributed by atoms with van der Waals surface area (Å²) in [5.41, 5.74) is 3.98. The lowest BCUT2D eigenvalue weighted by Crippen LogP contribution is -2.47. The Morgan fingerprint density at radius 2 is 1.42 bits per heavy atom. The highest BCUT2D eigenvalue weighted by atomic mass is 35.5. The van der Waals surface area contributed by atoms with Crippen molar-refractivity contribution >= 4 is 50.9 Å². The van der Waals surface area contributed by atoms with Crippen molar-refractivity contribution in [1.29, 1.82) is 0 Å². The number of nitrogens with zero attached hydrogens (tertiary/aromatic N) is 1. The van der Waals surface area contributed by atoms with E-state index in [1.165, 1.54) is 0 Å². The number of nitrogens with one attached hydrogen (secondary N) is 1. The Balaban J connectivity index is 1.49. The highest BCUT2D eigenvalue weighted by Crippen LogP contribution is 2.43. The van der Waals surface area contributed by atoms with Gasteiger partial charge in [-0.05, 0) is 57.8 Å². The molecule has 1 aliphatic rings. The molecule has 5 rings (SSSR count). The number of rotatable bonds is 6. The normalized spacial score (nSPS) is 15.5. The number of benzene rings is 4. The quantitative estimate of drug-likeness (QED) is 0.309. The van der Waals surface area contributed by atoms with E-state index in [1.54, 1.807) is 0 Å². The van der Waals surface area contributed by atoms with Crippen LogP contribution in [0.1, 0.15) is 28.7 Å². The van der Waals surface area contributed by atoms with Gasteiger partial charge >= 0.3 is 0 Å². The second kappa shape index (κ2) is 9.45. The predicted octanol–water partition coefficient (Wildman–Crippen LogP) is 6.54. The topological polar surface area (TPSA) is 55.4 Å². The number of anilines is 1. The van der Waals surface area contributed by atoms with Crippen molar-refractivity contribution in [3.05, 3.63) is 112 Å². The molecule has 33 heavy (non-hydrogen) atoms. The first-order valence-electron chi connectivity index (χ1n) is 10.6. The van der Waals surface area contributed by atoms with Gasteiger partial charge in [-0.3, -0.25) is 9.11 Å². The highest BCUT2D eigenvalue weighted by molar-refractivity contribution is 7.80. The van der Waals surface area contributed by atoms with Gasteiger partial charge in [-0.1, -0.05) is 77.8 Å². The maximum Gasteiger partial charge on any atom is 0.0602 e. The molecule has 1 N–H and O–H groups in total. The molecule has 1 fully saturated rings. The van der Waals surface area contributed by atoms with Gasteiger partial charge in [0, 0.05) is 46.0 Å². The zero-order valence-corrected chi connectivity index (χ0v) is 19.9. The number of hydrogen-bond donors (Lipinski definition) is 1. The molecule has 0 aromatic heterocycles. The van der Waals surface area contributed by atoms with Crippen LogP contribution in [0.4, 0.5) is 5.69 Å². The Kier molecular flexibility index (Phi) is 6.41. The molecule has 1 aliphatic heterocycles. The van der Waals surface area contributed by atoms with Crippen molar-refractivity contribution < 1.29 is 8.76 Å². The molecular formula is C26H21Cl2N2O2S-. The van der Waals surface area contributed by atoms with Gasteiger partial charge in [0.15, 0.2) is 0 Å². The average Bonchev–Trinajstić information content (AvgIpc) is 2.78. The third kappa shape index (κ3) is 4.65. The van der Waals surface area contributed by atoms with Gasteiger partial charge < -0.3 is 9.27 Å². The van der Waals surface area contributed by atoms with Crippen LogP contribution in [0.2, 0.25) is 10.0 Å². The summed E-state index contributed by atoms with van der Waals surface area (Å²) in [5, 5.41) is 3.58. The molecule has 0 radical (unpaired) electrons. The first-order chi connectivity index (χ1) is 16.0. The van der Waals surface area contributed by atoms with Gasteiger partial charge in [-0.2, -0.15) is 0 Å². The number of halogens is 2. The van der Waals surface area contributed by atoms with Gasteiger partial charge in [-0.25, -0.2) is 0 Å². The molecule has 4 aromatic rings. The molecule has 0 spiro atoms. The highest BCUT2D eigenvalue weighted by Gasteiger charge is 2.36. The fraction of sp³-hybridized carbons (Fsp3) is 0.154. The van der Waals surface area contributed by atoms with E-state index in [-0.39, 0.29) is 12.0 Å². The average molecular weight is 496 g/mol. The Hall–Kier alpha value is -2.41. The SMILES string of the molecule is O=S([O-])Nc1ccc2ccccc2c1C1CN(C(c2ccc(Cl)cc2)c2ccc(Cl)cc2)C1. The fourth-order valence-electron chi connectivity index (χ4n) is 4.72. The van der Waals surface area contributed by atoms with E-state index in [1.807, 2.05) is 48.5 Å². The van der Waals surface area contributed by atoms with Crippen molar-refractivity contribution in [2.24, 2.45) is 0 Å². The Labute approximate surface area is 205 Å². The molecule has 168 valence electrons. The second-order valence-electron chi connectivity index (χ2n) is 8.24. The first-order valence-corrected chi connectivity index (χ1v) is 12.5. The van der Waals surface area contributed by atoms with Crippen LogP contribution in [0.5, 0.6) is 0 Å². The summed E-state index contributed by atoms with van der Waals surface area (Å²) in [5.74, 6) is 0.198. The van der Waals surface area contributed by atoms with Crippen molar-refractivity contribution in [1.82, 2.24) is 4.90 Å². The minimum atomic E-state index is -2.38. The van der Waals surface area contributed by atoms with E-state index in [0.29, 0.717) is 15.7 Å². The molecule has 1 saturated heterocycles. The first kappa shape index (κ1) is 22.4. The summed E-state index contributed by atoms with van der Waals surface area (Å²) in [6, 6.07) is 27.8. The maximum atomic E-state index is 11.4. The number of hydrogen-bond acceptors (Lipinski definition) is 3. The lowest BCUT2D eigenvalue weighted by atomic mass is 9.83. The van der Waals surface area contributed by atoms with Gasteiger partial charge in [-0.15, -0.1) is 0 Å². The van der Waals surface area contributed by atoms with Crippen molar-refractivity contribution in [2.45, 2.75) is 12.0 Å².